The predicted octanol–water partition coefficient (Wildman–Crippen LogP) is 3.10. The van der Waals surface area contributed by atoms with Crippen LogP contribution in [0.2, 0.25) is 0 Å². The Labute approximate surface area is 111 Å². The lowest BCUT2D eigenvalue weighted by Gasteiger charge is -2.08. The highest BCUT2D eigenvalue weighted by molar-refractivity contribution is 9.10. The highest BCUT2D eigenvalue weighted by Gasteiger charge is 2.00. The molecule has 0 spiro atoms. The van der Waals surface area contributed by atoms with Gasteiger partial charge in [-0.3, -0.25) is 0 Å². The molecule has 1 aromatic carbocycles. The van der Waals surface area contributed by atoms with Gasteiger partial charge in [0.2, 0.25) is 0 Å². The van der Waals surface area contributed by atoms with Gasteiger partial charge in [0.15, 0.2) is 0 Å². The summed E-state index contributed by atoms with van der Waals surface area (Å²) in [4.78, 5) is 0. The Morgan fingerprint density at radius 3 is 2.71 bits per heavy atom. The van der Waals surface area contributed by atoms with Gasteiger partial charge in [0.1, 0.15) is 12.4 Å². The van der Waals surface area contributed by atoms with E-state index < -0.39 is 0 Å². The van der Waals surface area contributed by atoms with Crippen LogP contribution < -0.4 is 10.5 Å². The second kappa shape index (κ2) is 8.50. The third-order valence-electron chi connectivity index (χ3n) is 2.38. The molecule has 0 atom stereocenters. The number of ether oxygens (including phenoxy) is 2. The third-order valence-corrected chi connectivity index (χ3v) is 3.12. The van der Waals surface area contributed by atoms with E-state index in [2.05, 4.69) is 22.9 Å². The molecule has 3 nitrogen and oxygen atoms in total. The van der Waals surface area contributed by atoms with Crippen LogP contribution in [0.25, 0.3) is 0 Å². The number of rotatable bonds is 8. The second-order valence-corrected chi connectivity index (χ2v) is 4.63. The van der Waals surface area contributed by atoms with E-state index in [4.69, 9.17) is 15.2 Å². The number of nitrogens with two attached hydrogens (primary N) is 1. The molecule has 17 heavy (non-hydrogen) atoms. The lowest BCUT2D eigenvalue weighted by atomic mass is 10.2. The Balaban J connectivity index is 2.25. The van der Waals surface area contributed by atoms with Crippen LogP contribution in [0, 0.1) is 0 Å². The lowest BCUT2D eigenvalue weighted by Crippen LogP contribution is -2.07. The van der Waals surface area contributed by atoms with E-state index in [1.165, 1.54) is 0 Å². The molecule has 0 aliphatic heterocycles. The zero-order valence-corrected chi connectivity index (χ0v) is 11.8. The van der Waals surface area contributed by atoms with Crippen LogP contribution in [0.1, 0.15) is 25.3 Å². The number of unbranched alkanes of at least 4 members (excludes halogenated alkanes) is 1. The monoisotopic (exact) mass is 301 g/mol. The second-order valence-electron chi connectivity index (χ2n) is 3.77. The van der Waals surface area contributed by atoms with Crippen molar-refractivity contribution in [3.63, 3.8) is 0 Å². The highest BCUT2D eigenvalue weighted by atomic mass is 79.9. The van der Waals surface area contributed by atoms with Gasteiger partial charge >= 0.3 is 0 Å². The Bertz CT molecular complexity index is 331. The standard InChI is InChI=1S/C13H20BrNO2/c1-2-3-6-16-7-8-17-12-5-4-11(10-15)13(14)9-12/h4-5,9H,2-3,6-8,10,15H2,1H3. The van der Waals surface area contributed by atoms with Crippen molar-refractivity contribution in [2.24, 2.45) is 5.73 Å². The molecule has 0 saturated heterocycles. The van der Waals surface area contributed by atoms with Crippen molar-refractivity contribution >= 4 is 15.9 Å². The minimum atomic E-state index is 0.529. The van der Waals surface area contributed by atoms with Crippen molar-refractivity contribution in [1.82, 2.24) is 0 Å². The largest absolute Gasteiger partial charge is 0.491 e. The molecule has 0 saturated carbocycles. The minimum absolute atomic E-state index is 0.529. The van der Waals surface area contributed by atoms with Gasteiger partial charge in [-0.05, 0) is 24.1 Å². The maximum Gasteiger partial charge on any atom is 0.120 e. The Morgan fingerprint density at radius 2 is 2.06 bits per heavy atom. The van der Waals surface area contributed by atoms with E-state index in [0.717, 1.165) is 35.2 Å². The Hall–Kier alpha value is -0.580. The molecular weight excluding hydrogens is 282 g/mol. The van der Waals surface area contributed by atoms with E-state index in [0.29, 0.717) is 19.8 Å². The first kappa shape index (κ1) is 14.5. The van der Waals surface area contributed by atoms with Gasteiger partial charge in [-0.15, -0.1) is 0 Å². The molecule has 0 aromatic heterocycles. The topological polar surface area (TPSA) is 44.5 Å². The fourth-order valence-corrected chi connectivity index (χ4v) is 1.87. The molecule has 1 aromatic rings. The molecule has 0 amide bonds. The Kier molecular flexibility index (Phi) is 7.24. The SMILES string of the molecule is CCCCOCCOc1ccc(CN)c(Br)c1. The van der Waals surface area contributed by atoms with Crippen LogP contribution in [0.3, 0.4) is 0 Å². The van der Waals surface area contributed by atoms with Gasteiger partial charge < -0.3 is 15.2 Å². The van der Waals surface area contributed by atoms with Crippen molar-refractivity contribution in [3.05, 3.63) is 28.2 Å². The van der Waals surface area contributed by atoms with E-state index in [-0.39, 0.29) is 0 Å². The molecule has 0 aliphatic rings. The summed E-state index contributed by atoms with van der Waals surface area (Å²) in [6.45, 7) is 4.71. The zero-order valence-electron chi connectivity index (χ0n) is 10.2. The summed E-state index contributed by atoms with van der Waals surface area (Å²) >= 11 is 3.46. The molecule has 0 aliphatic carbocycles. The summed E-state index contributed by atoms with van der Waals surface area (Å²) in [5, 5.41) is 0. The predicted molar refractivity (Wildman–Crippen MR) is 73.3 cm³/mol. The molecule has 0 bridgehead atoms. The number of benzene rings is 1. The average molecular weight is 302 g/mol. The highest BCUT2D eigenvalue weighted by Crippen LogP contribution is 2.22. The summed E-state index contributed by atoms with van der Waals surface area (Å²) < 4.78 is 12.0. The summed E-state index contributed by atoms with van der Waals surface area (Å²) in [6, 6.07) is 5.84. The van der Waals surface area contributed by atoms with Crippen LogP contribution in [-0.4, -0.2) is 19.8 Å². The van der Waals surface area contributed by atoms with E-state index in [9.17, 15) is 0 Å². The van der Waals surface area contributed by atoms with Crippen molar-refractivity contribution in [3.8, 4) is 5.75 Å². The van der Waals surface area contributed by atoms with Crippen molar-refractivity contribution in [2.75, 3.05) is 19.8 Å². The number of hydrogen-bond acceptors (Lipinski definition) is 3. The maximum absolute atomic E-state index is 5.58. The first-order chi connectivity index (χ1) is 8.27. The Morgan fingerprint density at radius 1 is 1.24 bits per heavy atom. The molecule has 1 rings (SSSR count). The third kappa shape index (κ3) is 5.52. The van der Waals surface area contributed by atoms with E-state index in [1.807, 2.05) is 18.2 Å². The molecule has 0 radical (unpaired) electrons. The van der Waals surface area contributed by atoms with Crippen molar-refractivity contribution in [1.29, 1.82) is 0 Å². The first-order valence-corrected chi connectivity index (χ1v) is 6.76. The smallest absolute Gasteiger partial charge is 0.120 e. The quantitative estimate of drug-likeness (QED) is 0.750. The first-order valence-electron chi connectivity index (χ1n) is 5.97. The molecule has 96 valence electrons. The molecular formula is C13H20BrNO2. The van der Waals surface area contributed by atoms with Crippen LogP contribution in [0.4, 0.5) is 0 Å². The van der Waals surface area contributed by atoms with Crippen molar-refractivity contribution in [2.45, 2.75) is 26.3 Å². The van der Waals surface area contributed by atoms with E-state index >= 15 is 0 Å². The molecule has 0 fully saturated rings. The van der Waals surface area contributed by atoms with Crippen LogP contribution in [-0.2, 0) is 11.3 Å². The normalized spacial score (nSPS) is 10.5. The van der Waals surface area contributed by atoms with Gasteiger partial charge in [0, 0.05) is 17.6 Å². The average Bonchev–Trinajstić information content (AvgIpc) is 2.34. The summed E-state index contributed by atoms with van der Waals surface area (Å²) in [5.74, 6) is 0.841. The zero-order chi connectivity index (χ0) is 12.5. The van der Waals surface area contributed by atoms with Crippen LogP contribution in [0.15, 0.2) is 22.7 Å². The van der Waals surface area contributed by atoms with Gasteiger partial charge in [0.25, 0.3) is 0 Å². The molecule has 2 N–H and O–H groups in total. The maximum atomic E-state index is 5.58. The molecule has 0 unspecified atom stereocenters. The van der Waals surface area contributed by atoms with Crippen LogP contribution >= 0.6 is 15.9 Å². The minimum Gasteiger partial charge on any atom is -0.491 e. The summed E-state index contributed by atoms with van der Waals surface area (Å²) in [5.41, 5.74) is 6.66. The van der Waals surface area contributed by atoms with Gasteiger partial charge in [-0.25, -0.2) is 0 Å². The molecule has 4 heteroatoms. The lowest BCUT2D eigenvalue weighted by molar-refractivity contribution is 0.0980. The summed E-state index contributed by atoms with van der Waals surface area (Å²) in [7, 11) is 0. The van der Waals surface area contributed by atoms with Crippen LogP contribution in [0.5, 0.6) is 5.75 Å². The number of halogens is 1. The number of hydrogen-bond donors (Lipinski definition) is 1. The van der Waals surface area contributed by atoms with Gasteiger partial charge in [-0.1, -0.05) is 35.3 Å². The van der Waals surface area contributed by atoms with Gasteiger partial charge in [-0.2, -0.15) is 0 Å². The van der Waals surface area contributed by atoms with Gasteiger partial charge in [0.05, 0.1) is 6.61 Å². The fraction of sp³-hybridized carbons (Fsp3) is 0.538. The van der Waals surface area contributed by atoms with Crippen molar-refractivity contribution < 1.29 is 9.47 Å². The fourth-order valence-electron chi connectivity index (χ4n) is 1.35. The molecule has 0 heterocycles. The van der Waals surface area contributed by atoms with E-state index in [1.54, 1.807) is 0 Å². The summed E-state index contributed by atoms with van der Waals surface area (Å²) in [6.07, 6.45) is 2.27.